The Morgan fingerprint density at radius 1 is 1.41 bits per heavy atom. The maximum atomic E-state index is 12.1. The molecule has 98 valence electrons. The fourth-order valence-electron chi connectivity index (χ4n) is 2.98. The minimum absolute atomic E-state index is 0.159. The van der Waals surface area contributed by atoms with Gasteiger partial charge in [0.05, 0.1) is 0 Å². The molecule has 0 radical (unpaired) electrons. The summed E-state index contributed by atoms with van der Waals surface area (Å²) >= 11 is 0. The number of amides is 1. The summed E-state index contributed by atoms with van der Waals surface area (Å²) < 4.78 is 5.46. The van der Waals surface area contributed by atoms with Crippen molar-refractivity contribution in [3.63, 3.8) is 0 Å². The van der Waals surface area contributed by atoms with Crippen LogP contribution in [0.25, 0.3) is 0 Å². The van der Waals surface area contributed by atoms with Gasteiger partial charge >= 0.3 is 6.09 Å². The Labute approximate surface area is 104 Å². The summed E-state index contributed by atoms with van der Waals surface area (Å²) in [7, 11) is 0. The molecule has 0 saturated carbocycles. The number of nitrogens with zero attached hydrogens (tertiary/aromatic N) is 1. The van der Waals surface area contributed by atoms with Gasteiger partial charge in [-0.3, -0.25) is 0 Å². The molecule has 1 N–H and O–H groups in total. The van der Waals surface area contributed by atoms with Gasteiger partial charge in [-0.1, -0.05) is 0 Å². The molecule has 2 heterocycles. The van der Waals surface area contributed by atoms with Crippen molar-refractivity contribution in [2.45, 2.75) is 52.2 Å². The van der Waals surface area contributed by atoms with Crippen molar-refractivity contribution in [1.82, 2.24) is 10.2 Å². The molecule has 1 spiro atoms. The number of ether oxygens (including phenoxy) is 1. The normalized spacial score (nSPS) is 33.4. The van der Waals surface area contributed by atoms with E-state index in [0.717, 1.165) is 26.1 Å². The molecule has 2 saturated heterocycles. The van der Waals surface area contributed by atoms with Gasteiger partial charge in [-0.25, -0.2) is 4.79 Å². The maximum Gasteiger partial charge on any atom is 0.410 e. The van der Waals surface area contributed by atoms with E-state index in [4.69, 9.17) is 4.74 Å². The highest BCUT2D eigenvalue weighted by Crippen LogP contribution is 2.42. The molecule has 17 heavy (non-hydrogen) atoms. The third-order valence-corrected chi connectivity index (χ3v) is 4.11. The molecular weight excluding hydrogens is 216 g/mol. The van der Waals surface area contributed by atoms with Crippen molar-refractivity contribution in [1.29, 1.82) is 0 Å². The SMILES string of the molecule is CC1N(C(=O)OC(C)(C)C)CCC12CCNC2. The number of nitrogens with one attached hydrogen (secondary N) is 1. The van der Waals surface area contributed by atoms with Crippen molar-refractivity contribution in [3.05, 3.63) is 0 Å². The van der Waals surface area contributed by atoms with Gasteiger partial charge in [0.15, 0.2) is 0 Å². The standard InChI is InChI=1S/C13H24N2O2/c1-10-13(5-7-14-9-13)6-8-15(10)11(16)17-12(2,3)4/h10,14H,5-9H2,1-4H3. The van der Waals surface area contributed by atoms with Gasteiger partial charge in [-0.15, -0.1) is 0 Å². The monoisotopic (exact) mass is 240 g/mol. The van der Waals surface area contributed by atoms with Crippen LogP contribution in [-0.2, 0) is 4.74 Å². The van der Waals surface area contributed by atoms with E-state index in [9.17, 15) is 4.79 Å². The Balaban J connectivity index is 2.02. The highest BCUT2D eigenvalue weighted by molar-refractivity contribution is 5.69. The van der Waals surface area contributed by atoms with E-state index in [1.165, 1.54) is 6.42 Å². The lowest BCUT2D eigenvalue weighted by Crippen LogP contribution is -2.43. The number of hydrogen-bond acceptors (Lipinski definition) is 3. The first kappa shape index (κ1) is 12.7. The lowest BCUT2D eigenvalue weighted by atomic mass is 9.80. The van der Waals surface area contributed by atoms with Crippen LogP contribution in [-0.4, -0.2) is 42.3 Å². The molecule has 0 aromatic rings. The molecule has 4 heteroatoms. The summed E-state index contributed by atoms with van der Waals surface area (Å²) in [6.07, 6.45) is 2.11. The molecule has 2 aliphatic heterocycles. The van der Waals surface area contributed by atoms with Crippen molar-refractivity contribution in [2.75, 3.05) is 19.6 Å². The summed E-state index contributed by atoms with van der Waals surface area (Å²) in [6.45, 7) is 10.8. The van der Waals surface area contributed by atoms with Crippen molar-refractivity contribution >= 4 is 6.09 Å². The minimum Gasteiger partial charge on any atom is -0.444 e. The second-order valence-electron chi connectivity index (χ2n) is 6.39. The van der Waals surface area contributed by atoms with Crippen LogP contribution >= 0.6 is 0 Å². The van der Waals surface area contributed by atoms with E-state index in [0.29, 0.717) is 0 Å². The molecule has 0 aliphatic carbocycles. The maximum absolute atomic E-state index is 12.1. The summed E-state index contributed by atoms with van der Waals surface area (Å²) in [6, 6.07) is 0.285. The van der Waals surface area contributed by atoms with Crippen LogP contribution in [0.1, 0.15) is 40.5 Å². The lowest BCUT2D eigenvalue weighted by Gasteiger charge is -2.32. The topological polar surface area (TPSA) is 41.6 Å². The summed E-state index contributed by atoms with van der Waals surface area (Å²) in [5, 5.41) is 3.41. The van der Waals surface area contributed by atoms with Crippen LogP contribution in [0.2, 0.25) is 0 Å². The van der Waals surface area contributed by atoms with Crippen LogP contribution in [0.4, 0.5) is 4.79 Å². The van der Waals surface area contributed by atoms with E-state index < -0.39 is 5.60 Å². The van der Waals surface area contributed by atoms with E-state index in [1.807, 2.05) is 25.7 Å². The Morgan fingerprint density at radius 2 is 2.12 bits per heavy atom. The van der Waals surface area contributed by atoms with E-state index in [2.05, 4.69) is 12.2 Å². The number of hydrogen-bond donors (Lipinski definition) is 1. The fourth-order valence-corrected chi connectivity index (χ4v) is 2.98. The van der Waals surface area contributed by atoms with Gasteiger partial charge in [0, 0.05) is 24.5 Å². The zero-order chi connectivity index (χ0) is 12.7. The third-order valence-electron chi connectivity index (χ3n) is 4.11. The van der Waals surface area contributed by atoms with E-state index in [1.54, 1.807) is 0 Å². The first-order chi connectivity index (χ1) is 7.84. The fraction of sp³-hybridized carbons (Fsp3) is 0.923. The third kappa shape index (κ3) is 2.41. The average molecular weight is 240 g/mol. The van der Waals surface area contributed by atoms with Gasteiger partial charge in [0.1, 0.15) is 5.60 Å². The molecule has 2 aliphatic rings. The predicted octanol–water partition coefficient (Wildman–Crippen LogP) is 2.00. The first-order valence-corrected chi connectivity index (χ1v) is 6.54. The van der Waals surface area contributed by atoms with Crippen molar-refractivity contribution < 1.29 is 9.53 Å². The average Bonchev–Trinajstić information content (AvgIpc) is 2.75. The van der Waals surface area contributed by atoms with Gasteiger partial charge in [0.2, 0.25) is 0 Å². The van der Waals surface area contributed by atoms with E-state index in [-0.39, 0.29) is 17.6 Å². The van der Waals surface area contributed by atoms with E-state index >= 15 is 0 Å². The Bertz CT molecular complexity index is 303. The second-order valence-corrected chi connectivity index (χ2v) is 6.39. The molecule has 0 bridgehead atoms. The Morgan fingerprint density at radius 3 is 2.65 bits per heavy atom. The summed E-state index contributed by atoms with van der Waals surface area (Å²) in [5.41, 5.74) is -0.114. The molecule has 1 amide bonds. The Kier molecular flexibility index (Phi) is 3.10. The van der Waals surface area contributed by atoms with Crippen LogP contribution in [0.3, 0.4) is 0 Å². The minimum atomic E-state index is -0.402. The first-order valence-electron chi connectivity index (χ1n) is 6.54. The summed E-state index contributed by atoms with van der Waals surface area (Å²) in [5.74, 6) is 0. The zero-order valence-corrected chi connectivity index (χ0v) is 11.4. The lowest BCUT2D eigenvalue weighted by molar-refractivity contribution is 0.0191. The van der Waals surface area contributed by atoms with Crippen LogP contribution < -0.4 is 5.32 Å². The molecule has 0 aromatic heterocycles. The zero-order valence-electron chi connectivity index (χ0n) is 11.4. The van der Waals surface area contributed by atoms with Crippen molar-refractivity contribution in [3.8, 4) is 0 Å². The van der Waals surface area contributed by atoms with Crippen molar-refractivity contribution in [2.24, 2.45) is 5.41 Å². The molecule has 2 atom stereocenters. The molecular formula is C13H24N2O2. The number of carbonyl (C=O) groups excluding carboxylic acids is 1. The Hall–Kier alpha value is -0.770. The predicted molar refractivity (Wildman–Crippen MR) is 66.9 cm³/mol. The molecule has 0 aromatic carbocycles. The van der Waals surface area contributed by atoms with Gasteiger partial charge in [-0.2, -0.15) is 0 Å². The molecule has 2 rings (SSSR count). The highest BCUT2D eigenvalue weighted by atomic mass is 16.6. The van der Waals surface area contributed by atoms with Crippen LogP contribution in [0, 0.1) is 5.41 Å². The highest BCUT2D eigenvalue weighted by Gasteiger charge is 2.48. The van der Waals surface area contributed by atoms with Crippen LogP contribution in [0.5, 0.6) is 0 Å². The summed E-state index contributed by atoms with van der Waals surface area (Å²) in [4.78, 5) is 14.0. The number of rotatable bonds is 0. The second kappa shape index (κ2) is 4.16. The molecule has 2 fully saturated rings. The quantitative estimate of drug-likeness (QED) is 0.704. The van der Waals surface area contributed by atoms with Gasteiger partial charge in [-0.05, 0) is 47.1 Å². The van der Waals surface area contributed by atoms with Crippen LogP contribution in [0.15, 0.2) is 0 Å². The molecule has 4 nitrogen and oxygen atoms in total. The smallest absolute Gasteiger partial charge is 0.410 e. The number of likely N-dealkylation sites (tertiary alicyclic amines) is 1. The number of carbonyl (C=O) groups is 1. The van der Waals surface area contributed by atoms with Gasteiger partial charge < -0.3 is 15.0 Å². The van der Waals surface area contributed by atoms with Gasteiger partial charge in [0.25, 0.3) is 0 Å². The largest absolute Gasteiger partial charge is 0.444 e. The molecule has 2 unspecified atom stereocenters.